The zero-order valence-electron chi connectivity index (χ0n) is 17.1. The molecule has 2 amide bonds. The molecule has 0 bridgehead atoms. The van der Waals surface area contributed by atoms with E-state index >= 15 is 0 Å². The fourth-order valence-corrected chi connectivity index (χ4v) is 4.19. The molecule has 0 radical (unpaired) electrons. The maximum absolute atomic E-state index is 12.3. The van der Waals surface area contributed by atoms with E-state index < -0.39 is 0 Å². The van der Waals surface area contributed by atoms with Gasteiger partial charge in [0.15, 0.2) is 0 Å². The molecule has 1 saturated heterocycles. The van der Waals surface area contributed by atoms with Crippen LogP contribution in [0.2, 0.25) is 0 Å². The summed E-state index contributed by atoms with van der Waals surface area (Å²) in [6.45, 7) is 5.67. The summed E-state index contributed by atoms with van der Waals surface area (Å²) in [6, 6.07) is 14.4. The molecule has 1 unspecified atom stereocenters. The lowest BCUT2D eigenvalue weighted by atomic mass is 9.64. The van der Waals surface area contributed by atoms with E-state index in [-0.39, 0.29) is 17.6 Å². The Hall–Kier alpha value is -2.60. The average Bonchev–Trinajstić information content (AvgIpc) is 2.73. The number of aromatic nitrogens is 1. The van der Waals surface area contributed by atoms with Gasteiger partial charge in [-0.1, -0.05) is 42.8 Å². The minimum atomic E-state index is -0.127. The number of benzene rings is 1. The van der Waals surface area contributed by atoms with Gasteiger partial charge in [0.1, 0.15) is 5.82 Å². The summed E-state index contributed by atoms with van der Waals surface area (Å²) in [6.07, 6.45) is 5.54. The Morgan fingerprint density at radius 3 is 2.69 bits per heavy atom. The minimum absolute atomic E-state index is 0.0943. The molecule has 2 aromatic rings. The van der Waals surface area contributed by atoms with Crippen LogP contribution in [-0.4, -0.2) is 43.4 Å². The fraction of sp³-hybridized carbons (Fsp3) is 0.478. The van der Waals surface area contributed by atoms with Crippen LogP contribution < -0.4 is 15.5 Å². The second-order valence-corrected chi connectivity index (χ2v) is 8.19. The summed E-state index contributed by atoms with van der Waals surface area (Å²) in [4.78, 5) is 19.1. The molecule has 1 saturated carbocycles. The number of carbonyl (C=O) groups is 1. The second-order valence-electron chi connectivity index (χ2n) is 8.19. The number of rotatable bonds is 6. The first kappa shape index (κ1) is 19.7. The average molecular weight is 395 g/mol. The first-order chi connectivity index (χ1) is 14.1. The van der Waals surface area contributed by atoms with Crippen molar-refractivity contribution in [3.8, 4) is 0 Å². The number of ether oxygens (including phenoxy) is 1. The number of urea groups is 1. The van der Waals surface area contributed by atoms with Gasteiger partial charge in [0, 0.05) is 37.8 Å². The highest BCUT2D eigenvalue weighted by molar-refractivity contribution is 5.74. The van der Waals surface area contributed by atoms with Crippen molar-refractivity contribution in [1.82, 2.24) is 15.6 Å². The van der Waals surface area contributed by atoms with E-state index in [1.165, 1.54) is 12.0 Å². The van der Waals surface area contributed by atoms with Crippen LogP contribution in [0, 0.1) is 0 Å². The van der Waals surface area contributed by atoms with Crippen molar-refractivity contribution in [2.45, 2.75) is 44.2 Å². The van der Waals surface area contributed by atoms with Crippen LogP contribution in [0.15, 0.2) is 48.7 Å². The molecule has 1 aliphatic heterocycles. The standard InChI is InChI=1S/C23H30N4O2/c1-18-16-27(12-13-29-18)21-9-8-19(14-24-21)15-25-22(28)26-17-23(10-5-11-23)20-6-3-2-4-7-20/h2-4,6-9,14,18H,5,10-13,15-17H2,1H3,(H2,25,26,28). The maximum atomic E-state index is 12.3. The normalized spacial score (nSPS) is 20.6. The monoisotopic (exact) mass is 394 g/mol. The minimum Gasteiger partial charge on any atom is -0.375 e. The lowest BCUT2D eigenvalue weighted by Crippen LogP contribution is -2.48. The summed E-state index contributed by atoms with van der Waals surface area (Å²) in [5.74, 6) is 0.961. The van der Waals surface area contributed by atoms with E-state index in [0.29, 0.717) is 13.1 Å². The Bertz CT molecular complexity index is 805. The van der Waals surface area contributed by atoms with Gasteiger partial charge in [0.25, 0.3) is 0 Å². The number of amides is 2. The van der Waals surface area contributed by atoms with Crippen LogP contribution in [0.3, 0.4) is 0 Å². The highest BCUT2D eigenvalue weighted by Crippen LogP contribution is 2.43. The van der Waals surface area contributed by atoms with Crippen LogP contribution in [0.1, 0.15) is 37.3 Å². The van der Waals surface area contributed by atoms with Crippen molar-refractivity contribution in [2.24, 2.45) is 0 Å². The number of nitrogens with zero attached hydrogens (tertiary/aromatic N) is 2. The Morgan fingerprint density at radius 1 is 1.21 bits per heavy atom. The topological polar surface area (TPSA) is 66.5 Å². The first-order valence-electron chi connectivity index (χ1n) is 10.5. The quantitative estimate of drug-likeness (QED) is 0.789. The van der Waals surface area contributed by atoms with Gasteiger partial charge in [0.05, 0.1) is 12.7 Å². The van der Waals surface area contributed by atoms with E-state index in [2.05, 4.69) is 51.7 Å². The van der Waals surface area contributed by atoms with Gasteiger partial charge in [-0.25, -0.2) is 9.78 Å². The molecule has 1 atom stereocenters. The number of pyridine rings is 1. The van der Waals surface area contributed by atoms with Crippen LogP contribution in [0.5, 0.6) is 0 Å². The highest BCUT2D eigenvalue weighted by Gasteiger charge is 2.38. The van der Waals surface area contributed by atoms with Crippen molar-refractivity contribution in [1.29, 1.82) is 0 Å². The SMILES string of the molecule is CC1CN(c2ccc(CNC(=O)NCC3(c4ccccc4)CCC3)cn2)CCO1. The largest absolute Gasteiger partial charge is 0.375 e. The lowest BCUT2D eigenvalue weighted by Gasteiger charge is -2.42. The Balaban J connectivity index is 1.25. The number of nitrogens with one attached hydrogen (secondary N) is 2. The third-order valence-electron chi connectivity index (χ3n) is 6.11. The second kappa shape index (κ2) is 8.82. The molecule has 2 aliphatic rings. The van der Waals surface area contributed by atoms with E-state index in [9.17, 15) is 4.79 Å². The van der Waals surface area contributed by atoms with E-state index in [0.717, 1.165) is 43.9 Å². The van der Waals surface area contributed by atoms with Crippen molar-refractivity contribution >= 4 is 11.8 Å². The molecule has 6 heteroatoms. The van der Waals surface area contributed by atoms with Gasteiger partial charge in [-0.3, -0.25) is 0 Å². The van der Waals surface area contributed by atoms with Crippen LogP contribution in [-0.2, 0) is 16.7 Å². The molecular weight excluding hydrogens is 364 g/mol. The zero-order valence-corrected chi connectivity index (χ0v) is 17.1. The number of hydrogen-bond donors (Lipinski definition) is 2. The molecule has 2 fully saturated rings. The van der Waals surface area contributed by atoms with Crippen LogP contribution in [0.4, 0.5) is 10.6 Å². The van der Waals surface area contributed by atoms with Gasteiger partial charge in [-0.05, 0) is 37.0 Å². The van der Waals surface area contributed by atoms with Gasteiger partial charge in [-0.15, -0.1) is 0 Å². The fourth-order valence-electron chi connectivity index (χ4n) is 4.19. The molecule has 4 rings (SSSR count). The third-order valence-corrected chi connectivity index (χ3v) is 6.11. The van der Waals surface area contributed by atoms with Crippen molar-refractivity contribution in [2.75, 3.05) is 31.1 Å². The number of carbonyl (C=O) groups excluding carboxylic acids is 1. The lowest BCUT2D eigenvalue weighted by molar-refractivity contribution is 0.0529. The van der Waals surface area contributed by atoms with Crippen molar-refractivity contribution < 1.29 is 9.53 Å². The maximum Gasteiger partial charge on any atom is 0.315 e. The summed E-state index contributed by atoms with van der Waals surface area (Å²) in [5, 5.41) is 6.02. The molecule has 6 nitrogen and oxygen atoms in total. The summed E-state index contributed by atoms with van der Waals surface area (Å²) in [5.41, 5.74) is 2.41. The van der Waals surface area contributed by atoms with E-state index in [1.54, 1.807) is 0 Å². The van der Waals surface area contributed by atoms with E-state index in [1.807, 2.05) is 24.4 Å². The Labute approximate surface area is 172 Å². The number of hydrogen-bond acceptors (Lipinski definition) is 4. The number of morpholine rings is 1. The van der Waals surface area contributed by atoms with Gasteiger partial charge >= 0.3 is 6.03 Å². The van der Waals surface area contributed by atoms with E-state index in [4.69, 9.17) is 4.74 Å². The Kier molecular flexibility index (Phi) is 6.00. The molecule has 1 aliphatic carbocycles. The van der Waals surface area contributed by atoms with Crippen LogP contribution >= 0.6 is 0 Å². The molecule has 1 aromatic heterocycles. The zero-order chi connectivity index (χ0) is 20.1. The first-order valence-corrected chi connectivity index (χ1v) is 10.5. The van der Waals surface area contributed by atoms with Crippen molar-refractivity contribution in [3.63, 3.8) is 0 Å². The predicted octanol–water partition coefficient (Wildman–Crippen LogP) is 3.23. The number of anilines is 1. The molecule has 1 aromatic carbocycles. The predicted molar refractivity (Wildman–Crippen MR) is 114 cm³/mol. The summed E-state index contributed by atoms with van der Waals surface area (Å²) in [7, 11) is 0. The smallest absolute Gasteiger partial charge is 0.315 e. The molecule has 154 valence electrons. The van der Waals surface area contributed by atoms with Crippen molar-refractivity contribution in [3.05, 3.63) is 59.8 Å². The van der Waals surface area contributed by atoms with Gasteiger partial charge in [0.2, 0.25) is 0 Å². The molecule has 2 heterocycles. The third kappa shape index (κ3) is 4.70. The highest BCUT2D eigenvalue weighted by atomic mass is 16.5. The van der Waals surface area contributed by atoms with Gasteiger partial charge < -0.3 is 20.3 Å². The summed E-state index contributed by atoms with van der Waals surface area (Å²) >= 11 is 0. The van der Waals surface area contributed by atoms with Crippen LogP contribution in [0.25, 0.3) is 0 Å². The molecular formula is C23H30N4O2. The summed E-state index contributed by atoms with van der Waals surface area (Å²) < 4.78 is 5.58. The molecule has 2 N–H and O–H groups in total. The van der Waals surface area contributed by atoms with Gasteiger partial charge in [-0.2, -0.15) is 0 Å². The molecule has 0 spiro atoms. The Morgan fingerprint density at radius 2 is 2.03 bits per heavy atom. The molecule has 29 heavy (non-hydrogen) atoms.